The second-order valence-corrected chi connectivity index (χ2v) is 35.0. The molecule has 0 saturated carbocycles. The molecule has 36 nitrogen and oxygen atoms in total. The number of unbranched alkanes of at least 4 members (excludes halogenated alkanes) is 1. The van der Waals surface area contributed by atoms with Crippen LogP contribution >= 0.6 is 11.8 Å². The number of carbonyl (C=O) groups is 15. The second-order valence-electron chi connectivity index (χ2n) is 33.9. The van der Waals surface area contributed by atoms with Crippen molar-refractivity contribution in [2.45, 2.75) is 178 Å². The van der Waals surface area contributed by atoms with Gasteiger partial charge in [0.05, 0.1) is 25.4 Å². The molecule has 708 valence electrons. The number of nitrogens with zero attached hydrogens (tertiary/aromatic N) is 5. The summed E-state index contributed by atoms with van der Waals surface area (Å²) >= 11 is 0.842. The fourth-order valence-corrected chi connectivity index (χ4v) is 16.2. The van der Waals surface area contributed by atoms with Gasteiger partial charge < -0.3 is 104 Å². The first-order chi connectivity index (χ1) is 62.9. The van der Waals surface area contributed by atoms with Crippen molar-refractivity contribution in [3.8, 4) is 11.5 Å². The number of phenolic OH excluding ortho intramolecular Hbond substituents is 2. The van der Waals surface area contributed by atoms with Crippen molar-refractivity contribution in [2.24, 2.45) is 23.3 Å². The van der Waals surface area contributed by atoms with Crippen LogP contribution in [0.25, 0.3) is 10.9 Å². The molecule has 1 fully saturated rings. The van der Waals surface area contributed by atoms with Crippen molar-refractivity contribution < 1.29 is 82.1 Å². The van der Waals surface area contributed by atoms with Crippen LogP contribution < -0.4 is 64.6 Å². The van der Waals surface area contributed by atoms with E-state index >= 15 is 43.2 Å². The van der Waals surface area contributed by atoms with Gasteiger partial charge in [-0.15, -0.1) is 11.8 Å². The summed E-state index contributed by atoms with van der Waals surface area (Å²) in [5.74, 6) is -15.2. The number of nitrogens with two attached hydrogens (primary N) is 2. The Kier molecular flexibility index (Phi) is 39.9. The van der Waals surface area contributed by atoms with Crippen LogP contribution in [0.2, 0.25) is 0 Å². The quantitative estimate of drug-likeness (QED) is 0.0221. The summed E-state index contributed by atoms with van der Waals surface area (Å²) in [5.41, 5.74) is 14.9. The molecule has 1 aliphatic rings. The first kappa shape index (κ1) is 104. The summed E-state index contributed by atoms with van der Waals surface area (Å²) < 4.78 is 0. The summed E-state index contributed by atoms with van der Waals surface area (Å²) in [6.45, 7) is 6.59. The third kappa shape index (κ3) is 31.8. The highest BCUT2D eigenvalue weighted by molar-refractivity contribution is 8.00. The van der Waals surface area contributed by atoms with Gasteiger partial charge >= 0.3 is 0 Å². The monoisotopic (exact) mass is 1840 g/mol. The summed E-state index contributed by atoms with van der Waals surface area (Å²) in [5, 5.41) is 56.6. The number of H-pyrrole nitrogens is 1. The minimum Gasteiger partial charge on any atom is -0.508 e. The fourth-order valence-electron chi connectivity index (χ4n) is 15.4. The maximum absolute atomic E-state index is 15.6. The Morgan fingerprint density at radius 3 is 1.45 bits per heavy atom. The van der Waals surface area contributed by atoms with E-state index in [1.807, 2.05) is 6.92 Å². The van der Waals surface area contributed by atoms with Crippen molar-refractivity contribution >= 4 is 117 Å². The van der Waals surface area contributed by atoms with E-state index in [1.165, 1.54) is 93.6 Å². The van der Waals surface area contributed by atoms with Crippen LogP contribution in [-0.2, 0) is 110 Å². The number of aromatic nitrogens is 1. The highest BCUT2D eigenvalue weighted by atomic mass is 32.2. The second kappa shape index (κ2) is 50.9. The molecule has 7 aromatic rings. The average Bonchev–Trinajstić information content (AvgIpc) is 1.42. The zero-order valence-electron chi connectivity index (χ0n) is 76.2. The van der Waals surface area contributed by atoms with Crippen molar-refractivity contribution in [3.05, 3.63) is 203 Å². The van der Waals surface area contributed by atoms with Crippen LogP contribution in [-0.4, -0.2) is 274 Å². The van der Waals surface area contributed by atoms with Gasteiger partial charge in [0, 0.05) is 103 Å². The van der Waals surface area contributed by atoms with Crippen LogP contribution in [0, 0.1) is 17.2 Å². The third-order valence-electron chi connectivity index (χ3n) is 22.7. The van der Waals surface area contributed by atoms with Gasteiger partial charge in [-0.1, -0.05) is 181 Å². The molecule has 1 aliphatic heterocycles. The van der Waals surface area contributed by atoms with E-state index in [9.17, 15) is 39.0 Å². The molecule has 1 unspecified atom stereocenters. The van der Waals surface area contributed by atoms with Gasteiger partial charge in [0.25, 0.3) is 0 Å². The van der Waals surface area contributed by atoms with Gasteiger partial charge in [-0.3, -0.25) is 77.3 Å². The summed E-state index contributed by atoms with van der Waals surface area (Å²) in [6, 6.07) is 28.6. The third-order valence-corrected chi connectivity index (χ3v) is 23.7. The number of likely N-dealkylation sites (N-methyl/N-ethyl adjacent to an activating group) is 5. The number of hydrogen-bond acceptors (Lipinski definition) is 19. The minimum absolute atomic E-state index is 0.0532. The lowest BCUT2D eigenvalue weighted by molar-refractivity contribution is -0.151. The van der Waals surface area contributed by atoms with Gasteiger partial charge in [0.2, 0.25) is 88.6 Å². The molecule has 1 aromatic heterocycles. The Morgan fingerprint density at radius 1 is 0.455 bits per heavy atom. The van der Waals surface area contributed by atoms with E-state index in [4.69, 9.17) is 16.9 Å². The molecule has 0 radical (unpaired) electrons. The predicted molar refractivity (Wildman–Crippen MR) is 499 cm³/mol. The Bertz CT molecular complexity index is 5130. The number of amides is 15. The largest absolute Gasteiger partial charge is 0.508 e. The molecule has 0 bridgehead atoms. The number of carbonyl (C=O) groups excluding carboxylic acids is 15. The SMILES string of the molecule is CCCC[C@H]1C(=O)N(C)CC(=O)N[C@@H](CCCNC(=N)N)C(=O)N[C@@H](C(C)C)C(=O)N(C)C(Cc2ccccc2)C(=O)N[C@@H](Cc2ccc(O)cc2)C(=O)N(C)CC(=O)N[C@@H](Cc2c[nH]c3ccccc23)C(=O)N[C@@H](Cc2ccc(O)cc2)C(=O)N[C@@H](CC(C)C)C(=O)N[C@H](C(=O)NCC(N)=O)CSCC(=O)N[C@@H](Cc2ccccc2)C(=O)N(C)[C@@H](Cc2ccccc2)C(=O)N1C. The predicted octanol–water partition coefficient (Wildman–Crippen LogP) is 2.12. The smallest absolute Gasteiger partial charge is 0.246 e. The zero-order chi connectivity index (χ0) is 96.4. The van der Waals surface area contributed by atoms with Crippen molar-refractivity contribution in [2.75, 3.05) is 72.9 Å². The standard InChI is InChI=1S/C95H125N19O17S/c1-11-12-34-76-92(129)111(7)54-80(118)102-69(33-24-43-99-95(97)98)85(122)109-83(58(4)5)94(131)113(9)77(48-60-27-18-14-19-28-60)89(126)107-73(47-63-37-41-66(116)42-38-63)90(127)110(6)53-81(119)103-72(50-64-51-100-68-32-23-22-31-67(64)68)88(125)106-71(45-62-35-39-65(115)40-36-62)87(124)105-70(44-57(2)3)86(123)108-75(84(121)101-52-79(96)117)55-132-56-82(120)104-74(46-59-25-16-13-17-26-59)91(128)114(10)78(93(130)112(76)8)49-61-29-20-15-21-30-61/h13-23,25-32,35-42,51,57-58,69-78,83,100,115-116H,11-12,24,33-34,43-50,52-56H2,1-10H3,(H2,96,117)(H,101,121)(H,102,118)(H,103,119)(H,104,120)(H,105,124)(H,106,125)(H,107,126)(H,108,123)(H,109,122)(H4,97,98,99)/t69-,70-,71-,72-,73-,74-,75-,76-,77?,78-,83-/m0/s1. The number of nitrogens with one attached hydrogen (secondary N) is 12. The number of aromatic hydroxyl groups is 2. The Morgan fingerprint density at radius 2 is 0.909 bits per heavy atom. The van der Waals surface area contributed by atoms with E-state index in [-0.39, 0.29) is 99.9 Å². The number of benzene rings is 6. The highest BCUT2D eigenvalue weighted by Gasteiger charge is 2.42. The lowest BCUT2D eigenvalue weighted by Gasteiger charge is -2.37. The molecule has 11 atom stereocenters. The van der Waals surface area contributed by atoms with E-state index in [1.54, 1.807) is 149 Å². The van der Waals surface area contributed by atoms with Crippen LogP contribution in [0.3, 0.4) is 0 Å². The molecular formula is C95H125N19O17S. The Hall–Kier alpha value is -13.9. The van der Waals surface area contributed by atoms with Crippen molar-refractivity contribution in [1.82, 2.24) is 82.7 Å². The first-order valence-electron chi connectivity index (χ1n) is 44.0. The number of phenols is 2. The number of para-hydroxylation sites is 1. The summed E-state index contributed by atoms with van der Waals surface area (Å²) in [4.78, 5) is 233. The minimum atomic E-state index is -1.59. The van der Waals surface area contributed by atoms with E-state index in [0.29, 0.717) is 57.1 Å². The van der Waals surface area contributed by atoms with Gasteiger partial charge in [-0.05, 0) is 101 Å². The molecule has 6 aromatic carbocycles. The van der Waals surface area contributed by atoms with Gasteiger partial charge in [-0.25, -0.2) is 0 Å². The molecule has 8 rings (SSSR count). The van der Waals surface area contributed by atoms with E-state index < -0.39 is 186 Å². The maximum Gasteiger partial charge on any atom is 0.246 e. The Balaban J connectivity index is 1.22. The highest BCUT2D eigenvalue weighted by Crippen LogP contribution is 2.25. The van der Waals surface area contributed by atoms with Gasteiger partial charge in [0.15, 0.2) is 5.96 Å². The van der Waals surface area contributed by atoms with E-state index in [2.05, 4.69) is 58.2 Å². The zero-order valence-corrected chi connectivity index (χ0v) is 77.0. The molecule has 37 heteroatoms. The fraction of sp³-hybridized carbons (Fsp3) is 0.432. The molecule has 2 heterocycles. The summed E-state index contributed by atoms with van der Waals surface area (Å²) in [7, 11) is 6.78. The topological polar surface area (TPSA) is 525 Å². The number of rotatable bonds is 25. The van der Waals surface area contributed by atoms with Crippen LogP contribution in [0.4, 0.5) is 0 Å². The number of thioether (sulfide) groups is 1. The maximum atomic E-state index is 15.6. The molecule has 0 aliphatic carbocycles. The van der Waals surface area contributed by atoms with Crippen LogP contribution in [0.1, 0.15) is 107 Å². The number of aromatic amines is 1. The molecule has 132 heavy (non-hydrogen) atoms. The number of primary amides is 1. The lowest BCUT2D eigenvalue weighted by atomic mass is 9.98. The first-order valence-corrected chi connectivity index (χ1v) is 45.2. The summed E-state index contributed by atoms with van der Waals surface area (Å²) in [6.07, 6.45) is 1.39. The number of hydrogen-bond donors (Lipinski definition) is 16. The molecule has 1 saturated heterocycles. The van der Waals surface area contributed by atoms with E-state index in [0.717, 1.165) is 26.5 Å². The lowest BCUT2D eigenvalue weighted by Crippen LogP contribution is -2.61. The van der Waals surface area contributed by atoms with Gasteiger partial charge in [0.1, 0.15) is 78.0 Å². The van der Waals surface area contributed by atoms with Gasteiger partial charge in [-0.2, -0.15) is 0 Å². The number of fused-ring (bicyclic) bond motifs is 1. The normalized spacial score (nSPS) is 21.7. The molecule has 0 spiro atoms. The van der Waals surface area contributed by atoms with Crippen LogP contribution in [0.15, 0.2) is 170 Å². The molecule has 18 N–H and O–H groups in total. The molecular weight excluding hydrogens is 1710 g/mol. The molecule has 15 amide bonds. The number of guanidine groups is 1. The van der Waals surface area contributed by atoms with Crippen molar-refractivity contribution in [3.63, 3.8) is 0 Å². The Labute approximate surface area is 772 Å². The van der Waals surface area contributed by atoms with Crippen molar-refractivity contribution in [1.29, 1.82) is 5.41 Å². The van der Waals surface area contributed by atoms with Crippen LogP contribution in [0.5, 0.6) is 11.5 Å². The average molecular weight is 1840 g/mol.